The van der Waals surface area contributed by atoms with Crippen LogP contribution >= 0.6 is 15.9 Å². The maximum absolute atomic E-state index is 13.6. The molecule has 0 saturated carbocycles. The summed E-state index contributed by atoms with van der Waals surface area (Å²) in [5.41, 5.74) is 6.75. The molecule has 0 aliphatic heterocycles. The van der Waals surface area contributed by atoms with Gasteiger partial charge in [0.25, 0.3) is 0 Å². The SMILES string of the molecule is Cc1cn(N=Cc2cccc(Br)c2F)c(N)n1. The van der Waals surface area contributed by atoms with Gasteiger partial charge in [-0.1, -0.05) is 12.1 Å². The number of imidazole rings is 1. The Bertz CT molecular complexity index is 577. The number of aryl methyl sites for hydroxylation is 1. The van der Waals surface area contributed by atoms with E-state index in [9.17, 15) is 4.39 Å². The molecule has 0 radical (unpaired) electrons. The number of aromatic nitrogens is 2. The first-order valence-corrected chi connectivity index (χ1v) is 5.67. The van der Waals surface area contributed by atoms with Gasteiger partial charge < -0.3 is 5.73 Å². The molecule has 2 N–H and O–H groups in total. The van der Waals surface area contributed by atoms with Gasteiger partial charge in [-0.3, -0.25) is 0 Å². The van der Waals surface area contributed by atoms with E-state index in [0.717, 1.165) is 5.69 Å². The van der Waals surface area contributed by atoms with E-state index in [2.05, 4.69) is 26.0 Å². The van der Waals surface area contributed by atoms with E-state index in [-0.39, 0.29) is 11.8 Å². The Labute approximate surface area is 106 Å². The topological polar surface area (TPSA) is 56.2 Å². The first-order valence-electron chi connectivity index (χ1n) is 4.88. The number of halogens is 2. The van der Waals surface area contributed by atoms with Crippen LogP contribution in [-0.4, -0.2) is 15.9 Å². The van der Waals surface area contributed by atoms with Gasteiger partial charge in [-0.15, -0.1) is 0 Å². The minimum absolute atomic E-state index is 0.272. The van der Waals surface area contributed by atoms with Crippen LogP contribution in [0.2, 0.25) is 0 Å². The van der Waals surface area contributed by atoms with E-state index in [1.807, 2.05) is 6.92 Å². The van der Waals surface area contributed by atoms with Gasteiger partial charge in [-0.2, -0.15) is 5.10 Å². The molecular weight excluding hydrogens is 287 g/mol. The number of hydrogen-bond acceptors (Lipinski definition) is 3. The third-order valence-corrected chi connectivity index (χ3v) is 2.75. The zero-order valence-electron chi connectivity index (χ0n) is 9.06. The van der Waals surface area contributed by atoms with E-state index < -0.39 is 0 Å². The van der Waals surface area contributed by atoms with Crippen molar-refractivity contribution in [1.29, 1.82) is 0 Å². The van der Waals surface area contributed by atoms with Gasteiger partial charge in [0.15, 0.2) is 0 Å². The lowest BCUT2D eigenvalue weighted by Crippen LogP contribution is -1.98. The first-order chi connectivity index (χ1) is 8.08. The van der Waals surface area contributed by atoms with Gasteiger partial charge in [-0.05, 0) is 28.9 Å². The minimum Gasteiger partial charge on any atom is -0.368 e. The van der Waals surface area contributed by atoms with Gasteiger partial charge in [0.1, 0.15) is 5.82 Å². The molecule has 6 heteroatoms. The van der Waals surface area contributed by atoms with Crippen LogP contribution in [0.5, 0.6) is 0 Å². The van der Waals surface area contributed by atoms with Crippen molar-refractivity contribution in [2.24, 2.45) is 5.10 Å². The molecule has 0 saturated heterocycles. The van der Waals surface area contributed by atoms with Crippen molar-refractivity contribution in [2.75, 3.05) is 5.73 Å². The summed E-state index contributed by atoms with van der Waals surface area (Å²) in [7, 11) is 0. The number of hydrogen-bond donors (Lipinski definition) is 1. The Kier molecular flexibility index (Phi) is 3.23. The lowest BCUT2D eigenvalue weighted by atomic mass is 10.2. The third kappa shape index (κ3) is 2.52. The Morgan fingerprint density at radius 3 is 2.94 bits per heavy atom. The van der Waals surface area contributed by atoms with Crippen LogP contribution in [0.25, 0.3) is 0 Å². The molecule has 2 aromatic rings. The fraction of sp³-hybridized carbons (Fsp3) is 0.0909. The maximum atomic E-state index is 13.6. The predicted octanol–water partition coefficient (Wildman–Crippen LogP) is 2.56. The molecule has 1 aromatic heterocycles. The molecule has 4 nitrogen and oxygen atoms in total. The van der Waals surface area contributed by atoms with E-state index in [0.29, 0.717) is 10.0 Å². The van der Waals surface area contributed by atoms with E-state index in [1.54, 1.807) is 24.4 Å². The highest BCUT2D eigenvalue weighted by atomic mass is 79.9. The number of rotatable bonds is 2. The Morgan fingerprint density at radius 2 is 2.29 bits per heavy atom. The fourth-order valence-electron chi connectivity index (χ4n) is 1.34. The van der Waals surface area contributed by atoms with E-state index >= 15 is 0 Å². The fourth-order valence-corrected chi connectivity index (χ4v) is 1.72. The maximum Gasteiger partial charge on any atom is 0.221 e. The summed E-state index contributed by atoms with van der Waals surface area (Å²) in [4.78, 5) is 3.99. The monoisotopic (exact) mass is 296 g/mol. The van der Waals surface area contributed by atoms with Crippen molar-refractivity contribution in [3.8, 4) is 0 Å². The molecule has 2 rings (SSSR count). The highest BCUT2D eigenvalue weighted by molar-refractivity contribution is 9.10. The molecule has 17 heavy (non-hydrogen) atoms. The Hall–Kier alpha value is -1.69. The Morgan fingerprint density at radius 1 is 1.53 bits per heavy atom. The normalized spacial score (nSPS) is 11.2. The molecule has 0 bridgehead atoms. The van der Waals surface area contributed by atoms with Crippen molar-refractivity contribution < 1.29 is 4.39 Å². The highest BCUT2D eigenvalue weighted by Gasteiger charge is 2.04. The quantitative estimate of drug-likeness (QED) is 0.866. The number of nitrogen functional groups attached to an aromatic ring is 1. The summed E-state index contributed by atoms with van der Waals surface area (Å²) in [5, 5.41) is 4.04. The standard InChI is InChI=1S/C11H10BrFN4/c1-7-6-17(11(14)16-7)15-5-8-3-2-4-9(12)10(8)13/h2-6H,1H3,(H2,14,16). The molecule has 0 aliphatic rings. The summed E-state index contributed by atoms with van der Waals surface area (Å²) in [6.07, 6.45) is 3.07. The zero-order valence-corrected chi connectivity index (χ0v) is 10.6. The molecule has 0 spiro atoms. The molecule has 1 heterocycles. The number of anilines is 1. The van der Waals surface area contributed by atoms with Crippen molar-refractivity contribution >= 4 is 28.1 Å². The largest absolute Gasteiger partial charge is 0.368 e. The van der Waals surface area contributed by atoms with Crippen LogP contribution in [0.1, 0.15) is 11.3 Å². The van der Waals surface area contributed by atoms with Crippen molar-refractivity contribution in [3.63, 3.8) is 0 Å². The van der Waals surface area contributed by atoms with Crippen LogP contribution in [0.4, 0.5) is 10.3 Å². The number of nitrogens with zero attached hydrogens (tertiary/aromatic N) is 3. The van der Waals surface area contributed by atoms with Crippen LogP contribution in [0.15, 0.2) is 34.0 Å². The average Bonchev–Trinajstić information content (AvgIpc) is 2.60. The molecule has 0 atom stereocenters. The molecule has 0 aliphatic carbocycles. The summed E-state index contributed by atoms with van der Waals surface area (Å²) in [5.74, 6) is -0.0826. The summed E-state index contributed by atoms with van der Waals surface area (Å²) >= 11 is 3.11. The molecule has 0 unspecified atom stereocenters. The number of nitrogens with two attached hydrogens (primary N) is 1. The van der Waals surface area contributed by atoms with Gasteiger partial charge in [0.2, 0.25) is 5.95 Å². The molecule has 0 amide bonds. The molecular formula is C11H10BrFN4. The lowest BCUT2D eigenvalue weighted by molar-refractivity contribution is 0.619. The summed E-state index contributed by atoms with van der Waals surface area (Å²) < 4.78 is 15.4. The van der Waals surface area contributed by atoms with E-state index in [1.165, 1.54) is 10.9 Å². The van der Waals surface area contributed by atoms with Crippen LogP contribution in [0.3, 0.4) is 0 Å². The van der Waals surface area contributed by atoms with Gasteiger partial charge in [0.05, 0.1) is 22.6 Å². The van der Waals surface area contributed by atoms with Crippen molar-refractivity contribution in [2.45, 2.75) is 6.92 Å². The lowest BCUT2D eigenvalue weighted by Gasteiger charge is -1.99. The van der Waals surface area contributed by atoms with Crippen molar-refractivity contribution in [3.05, 3.63) is 45.9 Å². The van der Waals surface area contributed by atoms with Gasteiger partial charge >= 0.3 is 0 Å². The van der Waals surface area contributed by atoms with Crippen LogP contribution in [-0.2, 0) is 0 Å². The predicted molar refractivity (Wildman–Crippen MR) is 68.5 cm³/mol. The average molecular weight is 297 g/mol. The van der Waals surface area contributed by atoms with Crippen LogP contribution < -0.4 is 5.73 Å². The summed E-state index contributed by atoms with van der Waals surface area (Å²) in [6.45, 7) is 1.81. The van der Waals surface area contributed by atoms with Crippen molar-refractivity contribution in [1.82, 2.24) is 9.66 Å². The molecule has 88 valence electrons. The Balaban J connectivity index is 2.32. The highest BCUT2D eigenvalue weighted by Crippen LogP contribution is 2.17. The third-order valence-electron chi connectivity index (χ3n) is 2.14. The minimum atomic E-state index is -0.355. The molecule has 0 fully saturated rings. The van der Waals surface area contributed by atoms with E-state index in [4.69, 9.17) is 5.73 Å². The second-order valence-electron chi connectivity index (χ2n) is 3.47. The van der Waals surface area contributed by atoms with Gasteiger partial charge in [-0.25, -0.2) is 14.1 Å². The smallest absolute Gasteiger partial charge is 0.221 e. The second kappa shape index (κ2) is 4.67. The number of benzene rings is 1. The second-order valence-corrected chi connectivity index (χ2v) is 4.33. The molecule has 1 aromatic carbocycles. The summed E-state index contributed by atoms with van der Waals surface area (Å²) in [6, 6.07) is 4.99. The van der Waals surface area contributed by atoms with Gasteiger partial charge in [0, 0.05) is 5.56 Å². The van der Waals surface area contributed by atoms with Crippen LogP contribution in [0, 0.1) is 12.7 Å². The first kappa shape index (κ1) is 11.8. The zero-order chi connectivity index (χ0) is 12.4.